The summed E-state index contributed by atoms with van der Waals surface area (Å²) in [7, 11) is 0. The van der Waals surface area contributed by atoms with Crippen molar-refractivity contribution in [3.63, 3.8) is 0 Å². The second kappa shape index (κ2) is 9.79. The standard InChI is InChI=1S/C33H19N3O2.C2H6/c1-3-13-27-24(8-1)30-32(37-27)22(15-18-35-30)20-10-7-11-21(29(20)26-12-5-6-17-34-26)23-16-19-36-31-25-9-2-4-14-28(25)38-33(23)31;1-2/h1-19H;1-2H3. The van der Waals surface area contributed by atoms with Gasteiger partial charge in [-0.15, -0.1) is 0 Å². The maximum Gasteiger partial charge on any atom is 0.161 e. The van der Waals surface area contributed by atoms with E-state index in [1.807, 2.05) is 111 Å². The molecule has 0 saturated heterocycles. The van der Waals surface area contributed by atoms with E-state index in [0.29, 0.717) is 0 Å². The lowest BCUT2D eigenvalue weighted by atomic mass is 9.89. The van der Waals surface area contributed by atoms with Gasteiger partial charge in [0.15, 0.2) is 11.2 Å². The van der Waals surface area contributed by atoms with Crippen LogP contribution < -0.4 is 0 Å². The van der Waals surface area contributed by atoms with Gasteiger partial charge in [-0.05, 0) is 59.7 Å². The number of benzene rings is 3. The average Bonchev–Trinajstić information content (AvgIpc) is 3.61. The minimum Gasteiger partial charge on any atom is -0.454 e. The molecule has 0 aliphatic carbocycles. The highest BCUT2D eigenvalue weighted by Gasteiger charge is 2.22. The van der Waals surface area contributed by atoms with Crippen molar-refractivity contribution in [1.82, 2.24) is 15.0 Å². The molecule has 0 bridgehead atoms. The molecule has 0 amide bonds. The van der Waals surface area contributed by atoms with E-state index < -0.39 is 0 Å². The molecule has 0 aliphatic heterocycles. The molecule has 0 aliphatic rings. The molecule has 3 aromatic carbocycles. The van der Waals surface area contributed by atoms with E-state index in [0.717, 1.165) is 77.6 Å². The van der Waals surface area contributed by atoms with Gasteiger partial charge in [-0.3, -0.25) is 15.0 Å². The Bertz CT molecular complexity index is 2010. The Kier molecular flexibility index (Phi) is 5.82. The first-order valence-corrected chi connectivity index (χ1v) is 13.4. The molecule has 5 nitrogen and oxygen atoms in total. The van der Waals surface area contributed by atoms with Gasteiger partial charge in [0.25, 0.3) is 0 Å². The molecule has 40 heavy (non-hydrogen) atoms. The van der Waals surface area contributed by atoms with Crippen LogP contribution in [0.25, 0.3) is 77.6 Å². The highest BCUT2D eigenvalue weighted by molar-refractivity contribution is 6.12. The van der Waals surface area contributed by atoms with Crippen molar-refractivity contribution >= 4 is 44.1 Å². The van der Waals surface area contributed by atoms with Crippen LogP contribution >= 0.6 is 0 Å². The van der Waals surface area contributed by atoms with E-state index in [9.17, 15) is 0 Å². The number of fused-ring (bicyclic) bond motifs is 6. The lowest BCUT2D eigenvalue weighted by Crippen LogP contribution is -1.93. The van der Waals surface area contributed by atoms with Crippen LogP contribution in [0.1, 0.15) is 13.8 Å². The summed E-state index contributed by atoms with van der Waals surface area (Å²) in [6.45, 7) is 4.00. The fourth-order valence-electron chi connectivity index (χ4n) is 5.42. The number of pyridine rings is 3. The molecule has 8 aromatic rings. The van der Waals surface area contributed by atoms with Crippen LogP contribution in [0, 0.1) is 0 Å². The number of para-hydroxylation sites is 2. The molecule has 0 unspecified atom stereocenters. The Labute approximate surface area is 230 Å². The van der Waals surface area contributed by atoms with Gasteiger partial charge in [-0.25, -0.2) is 0 Å². The molecule has 8 rings (SSSR count). The van der Waals surface area contributed by atoms with Crippen molar-refractivity contribution in [2.45, 2.75) is 13.8 Å². The van der Waals surface area contributed by atoms with E-state index in [1.165, 1.54) is 0 Å². The summed E-state index contributed by atoms with van der Waals surface area (Å²) in [5.41, 5.74) is 10.6. The van der Waals surface area contributed by atoms with Gasteiger partial charge in [0.2, 0.25) is 0 Å². The topological polar surface area (TPSA) is 65.0 Å². The van der Waals surface area contributed by atoms with Crippen LogP contribution in [0.5, 0.6) is 0 Å². The van der Waals surface area contributed by atoms with Crippen LogP contribution in [0.3, 0.4) is 0 Å². The molecular formula is C35H25N3O2. The lowest BCUT2D eigenvalue weighted by Gasteiger charge is -2.15. The summed E-state index contributed by atoms with van der Waals surface area (Å²) in [6, 6.07) is 32.3. The summed E-state index contributed by atoms with van der Waals surface area (Å²) in [6.07, 6.45) is 5.51. The van der Waals surface area contributed by atoms with Crippen LogP contribution in [0.15, 0.2) is 124 Å². The minimum absolute atomic E-state index is 0.756. The van der Waals surface area contributed by atoms with Crippen molar-refractivity contribution in [3.8, 4) is 33.5 Å². The highest BCUT2D eigenvalue weighted by atomic mass is 16.3. The third kappa shape index (κ3) is 3.67. The van der Waals surface area contributed by atoms with E-state index in [1.54, 1.807) is 0 Å². The second-order valence-corrected chi connectivity index (χ2v) is 9.21. The number of furan rings is 2. The van der Waals surface area contributed by atoms with E-state index in [4.69, 9.17) is 13.8 Å². The smallest absolute Gasteiger partial charge is 0.161 e. The number of nitrogens with zero attached hydrogens (tertiary/aromatic N) is 3. The molecule has 192 valence electrons. The molecule has 0 atom stereocenters. The molecule has 5 heterocycles. The molecule has 0 saturated carbocycles. The second-order valence-electron chi connectivity index (χ2n) is 9.21. The van der Waals surface area contributed by atoms with Gasteiger partial charge in [-0.1, -0.05) is 62.4 Å². The van der Waals surface area contributed by atoms with Gasteiger partial charge in [0, 0.05) is 46.1 Å². The molecule has 5 heteroatoms. The van der Waals surface area contributed by atoms with Crippen molar-refractivity contribution < 1.29 is 8.83 Å². The Hall–Kier alpha value is -5.29. The Morgan fingerprint density at radius 2 is 0.975 bits per heavy atom. The Balaban J connectivity index is 0.00000130. The normalized spacial score (nSPS) is 11.2. The van der Waals surface area contributed by atoms with E-state index in [2.05, 4.69) is 28.2 Å². The number of aromatic nitrogens is 3. The van der Waals surface area contributed by atoms with E-state index >= 15 is 0 Å². The van der Waals surface area contributed by atoms with Crippen LogP contribution in [-0.2, 0) is 0 Å². The van der Waals surface area contributed by atoms with Crippen molar-refractivity contribution in [2.75, 3.05) is 0 Å². The summed E-state index contributed by atoms with van der Waals surface area (Å²) in [4.78, 5) is 14.1. The first-order valence-electron chi connectivity index (χ1n) is 13.4. The minimum atomic E-state index is 0.756. The van der Waals surface area contributed by atoms with Crippen LogP contribution in [0.2, 0.25) is 0 Å². The maximum absolute atomic E-state index is 6.37. The van der Waals surface area contributed by atoms with Crippen LogP contribution in [0.4, 0.5) is 0 Å². The monoisotopic (exact) mass is 519 g/mol. The molecular weight excluding hydrogens is 494 g/mol. The van der Waals surface area contributed by atoms with Crippen molar-refractivity contribution in [3.05, 3.63) is 116 Å². The Morgan fingerprint density at radius 1 is 0.450 bits per heavy atom. The number of rotatable bonds is 3. The first-order chi connectivity index (χ1) is 19.9. The van der Waals surface area contributed by atoms with Gasteiger partial charge in [-0.2, -0.15) is 0 Å². The summed E-state index contributed by atoms with van der Waals surface area (Å²) >= 11 is 0. The quantitative estimate of drug-likeness (QED) is 0.232. The lowest BCUT2D eigenvalue weighted by molar-refractivity contribution is 0.669. The van der Waals surface area contributed by atoms with Crippen molar-refractivity contribution in [1.29, 1.82) is 0 Å². The predicted molar refractivity (Wildman–Crippen MR) is 162 cm³/mol. The van der Waals surface area contributed by atoms with Crippen LogP contribution in [-0.4, -0.2) is 15.0 Å². The van der Waals surface area contributed by atoms with Gasteiger partial charge >= 0.3 is 0 Å². The largest absolute Gasteiger partial charge is 0.454 e. The predicted octanol–water partition coefficient (Wildman–Crippen LogP) is 9.70. The summed E-state index contributed by atoms with van der Waals surface area (Å²) < 4.78 is 12.7. The summed E-state index contributed by atoms with van der Waals surface area (Å²) in [5.74, 6) is 0. The SMILES string of the molecule is CC.c1ccc(-c2c(-c3ccnc4c3oc3ccccc34)cccc2-c2ccnc3c2oc2ccccc23)nc1. The van der Waals surface area contributed by atoms with Crippen molar-refractivity contribution in [2.24, 2.45) is 0 Å². The fraction of sp³-hybridized carbons (Fsp3) is 0.0571. The molecule has 0 radical (unpaired) electrons. The maximum atomic E-state index is 6.37. The molecule has 5 aromatic heterocycles. The molecule has 0 spiro atoms. The zero-order valence-electron chi connectivity index (χ0n) is 22.1. The number of hydrogen-bond donors (Lipinski definition) is 0. The third-order valence-electron chi connectivity index (χ3n) is 7.08. The zero-order chi connectivity index (χ0) is 27.1. The zero-order valence-corrected chi connectivity index (χ0v) is 22.1. The average molecular weight is 520 g/mol. The fourth-order valence-corrected chi connectivity index (χ4v) is 5.42. The highest BCUT2D eigenvalue weighted by Crippen LogP contribution is 2.44. The Morgan fingerprint density at radius 3 is 1.50 bits per heavy atom. The van der Waals surface area contributed by atoms with Gasteiger partial charge < -0.3 is 8.83 Å². The molecule has 0 fully saturated rings. The van der Waals surface area contributed by atoms with Gasteiger partial charge in [0.1, 0.15) is 22.2 Å². The number of hydrogen-bond acceptors (Lipinski definition) is 5. The van der Waals surface area contributed by atoms with Gasteiger partial charge in [0.05, 0.1) is 5.69 Å². The third-order valence-corrected chi connectivity index (χ3v) is 7.08. The first kappa shape index (κ1) is 23.8. The summed E-state index contributed by atoms with van der Waals surface area (Å²) in [5, 5.41) is 2.00. The molecule has 0 N–H and O–H groups in total. The van der Waals surface area contributed by atoms with E-state index in [-0.39, 0.29) is 0 Å².